The molecule has 5 nitrogen and oxygen atoms in total. The van der Waals surface area contributed by atoms with Crippen molar-refractivity contribution in [3.8, 4) is 5.75 Å². The van der Waals surface area contributed by atoms with E-state index in [1.165, 1.54) is 0 Å². The fourth-order valence-corrected chi connectivity index (χ4v) is 1.55. The van der Waals surface area contributed by atoms with E-state index in [1.54, 1.807) is 24.3 Å². The number of hydrogen-bond donors (Lipinski definition) is 2. The Morgan fingerprint density at radius 2 is 2.28 bits per heavy atom. The first-order valence-corrected chi connectivity index (χ1v) is 5.84. The van der Waals surface area contributed by atoms with E-state index in [0.29, 0.717) is 11.3 Å². The Morgan fingerprint density at radius 1 is 1.50 bits per heavy atom. The molecule has 18 heavy (non-hydrogen) atoms. The number of aliphatic hydroxyl groups excluding tert-OH is 1. The van der Waals surface area contributed by atoms with Crippen molar-refractivity contribution in [2.45, 2.75) is 6.10 Å². The molecule has 0 aliphatic heterocycles. The molecule has 96 valence electrons. The Hall–Kier alpha value is -1.72. The molecule has 0 aliphatic rings. The van der Waals surface area contributed by atoms with E-state index in [1.807, 2.05) is 0 Å². The number of primary amides is 1. The predicted molar refractivity (Wildman–Crippen MR) is 67.0 cm³/mol. The summed E-state index contributed by atoms with van der Waals surface area (Å²) in [4.78, 5) is 11.0. The van der Waals surface area contributed by atoms with Gasteiger partial charge in [-0.1, -0.05) is 0 Å². The number of furan rings is 1. The molecule has 0 fully saturated rings. The molecule has 1 atom stereocenters. The molecule has 2 aromatic rings. The SMILES string of the molecule is NC(=O)c1cc2ccc(OCC(O)CCl)cc2o1. The highest BCUT2D eigenvalue weighted by molar-refractivity contribution is 6.18. The number of ether oxygens (including phenoxy) is 1. The second-order valence-corrected chi connectivity index (χ2v) is 4.10. The number of fused-ring (bicyclic) bond motifs is 1. The maximum Gasteiger partial charge on any atom is 0.284 e. The van der Waals surface area contributed by atoms with Crippen molar-refractivity contribution in [2.24, 2.45) is 5.73 Å². The van der Waals surface area contributed by atoms with E-state index in [0.717, 1.165) is 5.39 Å². The van der Waals surface area contributed by atoms with E-state index in [9.17, 15) is 9.90 Å². The molecule has 6 heteroatoms. The number of halogens is 1. The molecule has 0 saturated heterocycles. The average Bonchev–Trinajstić information content (AvgIpc) is 2.79. The Balaban J connectivity index is 2.19. The molecule has 2 rings (SSSR count). The molecule has 1 amide bonds. The Bertz CT molecular complexity index is 566. The zero-order valence-corrected chi connectivity index (χ0v) is 10.2. The summed E-state index contributed by atoms with van der Waals surface area (Å²) in [6.45, 7) is 0.0956. The topological polar surface area (TPSA) is 85.7 Å². The van der Waals surface area contributed by atoms with Gasteiger partial charge in [0.25, 0.3) is 5.91 Å². The second-order valence-electron chi connectivity index (χ2n) is 3.79. The number of rotatable bonds is 5. The monoisotopic (exact) mass is 269 g/mol. The number of alkyl halides is 1. The number of hydrogen-bond acceptors (Lipinski definition) is 4. The van der Waals surface area contributed by atoms with Crippen LogP contribution in [-0.2, 0) is 0 Å². The van der Waals surface area contributed by atoms with Gasteiger partial charge in [0.05, 0.1) is 5.88 Å². The molecule has 3 N–H and O–H groups in total. The van der Waals surface area contributed by atoms with Gasteiger partial charge in [0.2, 0.25) is 0 Å². The molecule has 1 heterocycles. The standard InChI is InChI=1S/C12H12ClNO4/c13-5-8(15)6-17-9-2-1-7-3-11(12(14)16)18-10(7)4-9/h1-4,8,15H,5-6H2,(H2,14,16). The highest BCUT2D eigenvalue weighted by Crippen LogP contribution is 2.24. The van der Waals surface area contributed by atoms with Crippen molar-refractivity contribution in [3.05, 3.63) is 30.0 Å². The van der Waals surface area contributed by atoms with E-state index >= 15 is 0 Å². The molecule has 0 spiro atoms. The summed E-state index contributed by atoms with van der Waals surface area (Å²) >= 11 is 5.45. The van der Waals surface area contributed by atoms with Crippen LogP contribution in [-0.4, -0.2) is 29.6 Å². The van der Waals surface area contributed by atoms with Crippen molar-refractivity contribution in [1.82, 2.24) is 0 Å². The molecule has 0 saturated carbocycles. The highest BCUT2D eigenvalue weighted by Gasteiger charge is 2.10. The van der Waals surface area contributed by atoms with Crippen LogP contribution >= 0.6 is 11.6 Å². The molecule has 0 bridgehead atoms. The Morgan fingerprint density at radius 3 is 2.94 bits per heavy atom. The number of benzene rings is 1. The smallest absolute Gasteiger partial charge is 0.284 e. The largest absolute Gasteiger partial charge is 0.491 e. The maximum absolute atomic E-state index is 11.0. The van der Waals surface area contributed by atoms with Crippen LogP contribution in [0.3, 0.4) is 0 Å². The minimum absolute atomic E-state index is 0.0956. The zero-order valence-electron chi connectivity index (χ0n) is 9.43. The first-order valence-electron chi connectivity index (χ1n) is 5.30. The normalized spacial score (nSPS) is 12.6. The number of carbonyl (C=O) groups is 1. The fourth-order valence-electron chi connectivity index (χ4n) is 1.46. The number of aliphatic hydroxyl groups is 1. The van der Waals surface area contributed by atoms with Crippen LogP contribution in [0.5, 0.6) is 5.75 Å². The first kappa shape index (κ1) is 12.7. The van der Waals surface area contributed by atoms with E-state index in [4.69, 9.17) is 26.5 Å². The van der Waals surface area contributed by atoms with E-state index in [2.05, 4.69) is 0 Å². The lowest BCUT2D eigenvalue weighted by Gasteiger charge is -2.09. The van der Waals surface area contributed by atoms with Crippen molar-refractivity contribution in [2.75, 3.05) is 12.5 Å². The third-order valence-corrected chi connectivity index (χ3v) is 2.71. The van der Waals surface area contributed by atoms with Gasteiger partial charge in [-0.3, -0.25) is 4.79 Å². The van der Waals surface area contributed by atoms with Gasteiger partial charge in [0.15, 0.2) is 5.76 Å². The third kappa shape index (κ3) is 2.75. The Kier molecular flexibility index (Phi) is 3.74. The van der Waals surface area contributed by atoms with Crippen LogP contribution in [0.4, 0.5) is 0 Å². The number of nitrogens with two attached hydrogens (primary N) is 1. The van der Waals surface area contributed by atoms with Gasteiger partial charge in [0.1, 0.15) is 24.0 Å². The van der Waals surface area contributed by atoms with Crippen molar-refractivity contribution < 1.29 is 19.1 Å². The van der Waals surface area contributed by atoms with Gasteiger partial charge in [-0.05, 0) is 18.2 Å². The summed E-state index contributed by atoms with van der Waals surface area (Å²) in [7, 11) is 0. The molecular formula is C12H12ClNO4. The number of amides is 1. The summed E-state index contributed by atoms with van der Waals surface area (Å²) in [5, 5.41) is 10.0. The number of carbonyl (C=O) groups excluding carboxylic acids is 1. The van der Waals surface area contributed by atoms with Crippen LogP contribution in [0.15, 0.2) is 28.7 Å². The van der Waals surface area contributed by atoms with Gasteiger partial charge in [-0.25, -0.2) is 0 Å². The summed E-state index contributed by atoms with van der Waals surface area (Å²) in [6.07, 6.45) is -0.722. The lowest BCUT2D eigenvalue weighted by atomic mass is 10.2. The summed E-state index contributed by atoms with van der Waals surface area (Å²) in [6, 6.07) is 6.65. The average molecular weight is 270 g/mol. The van der Waals surface area contributed by atoms with Crippen LogP contribution in [0.2, 0.25) is 0 Å². The van der Waals surface area contributed by atoms with Gasteiger partial charge in [0, 0.05) is 11.5 Å². The molecule has 0 radical (unpaired) electrons. The van der Waals surface area contributed by atoms with Gasteiger partial charge >= 0.3 is 0 Å². The van der Waals surface area contributed by atoms with Crippen molar-refractivity contribution >= 4 is 28.5 Å². The summed E-state index contributed by atoms with van der Waals surface area (Å²) in [5.41, 5.74) is 5.62. The highest BCUT2D eigenvalue weighted by atomic mass is 35.5. The van der Waals surface area contributed by atoms with E-state index in [-0.39, 0.29) is 18.2 Å². The third-order valence-electron chi connectivity index (χ3n) is 2.35. The Labute approximate surface area is 108 Å². The van der Waals surface area contributed by atoms with Gasteiger partial charge in [-0.15, -0.1) is 11.6 Å². The van der Waals surface area contributed by atoms with E-state index < -0.39 is 12.0 Å². The second kappa shape index (κ2) is 5.29. The maximum atomic E-state index is 11.0. The molecule has 0 aliphatic carbocycles. The lowest BCUT2D eigenvalue weighted by Crippen LogP contribution is -2.18. The van der Waals surface area contributed by atoms with Crippen LogP contribution in [0.25, 0.3) is 11.0 Å². The first-order chi connectivity index (χ1) is 8.60. The van der Waals surface area contributed by atoms with Gasteiger partial charge in [-0.2, -0.15) is 0 Å². The van der Waals surface area contributed by atoms with Gasteiger partial charge < -0.3 is 20.0 Å². The van der Waals surface area contributed by atoms with Crippen LogP contribution in [0.1, 0.15) is 10.6 Å². The van der Waals surface area contributed by atoms with Crippen LogP contribution in [0, 0.1) is 0 Å². The molecule has 1 aromatic heterocycles. The quantitative estimate of drug-likeness (QED) is 0.806. The summed E-state index contributed by atoms with van der Waals surface area (Å²) < 4.78 is 10.6. The van der Waals surface area contributed by atoms with Crippen LogP contribution < -0.4 is 10.5 Å². The predicted octanol–water partition coefficient (Wildman–Crippen LogP) is 1.51. The van der Waals surface area contributed by atoms with Crippen molar-refractivity contribution in [3.63, 3.8) is 0 Å². The minimum Gasteiger partial charge on any atom is -0.491 e. The minimum atomic E-state index is -0.722. The fraction of sp³-hybridized carbons (Fsp3) is 0.250. The summed E-state index contributed by atoms with van der Waals surface area (Å²) in [5.74, 6) is 0.112. The zero-order chi connectivity index (χ0) is 13.1. The van der Waals surface area contributed by atoms with Crippen molar-refractivity contribution in [1.29, 1.82) is 0 Å². The lowest BCUT2D eigenvalue weighted by molar-refractivity contribution is 0.0976. The molecule has 1 aromatic carbocycles. The molecular weight excluding hydrogens is 258 g/mol. The molecule has 1 unspecified atom stereocenters.